The highest BCUT2D eigenvalue weighted by Crippen LogP contribution is 2.18. The predicted molar refractivity (Wildman–Crippen MR) is 84.7 cm³/mol. The Morgan fingerprint density at radius 3 is 2.24 bits per heavy atom. The minimum Gasteiger partial charge on any atom is -0.507 e. The van der Waals surface area contributed by atoms with E-state index >= 15 is 0 Å². The number of ketones is 2. The molecule has 0 unspecified atom stereocenters. The summed E-state index contributed by atoms with van der Waals surface area (Å²) in [7, 11) is 0. The summed E-state index contributed by atoms with van der Waals surface area (Å²) in [5.41, 5.74) is 0.241. The minimum absolute atomic E-state index is 0.0307. The number of para-hydroxylation sites is 1. The molecule has 0 aliphatic carbocycles. The molecule has 0 fully saturated rings. The maximum atomic E-state index is 11.9. The lowest BCUT2D eigenvalue weighted by atomic mass is 10.0. The van der Waals surface area contributed by atoms with Gasteiger partial charge in [0.1, 0.15) is 11.5 Å². The average Bonchev–Trinajstić information content (AvgIpc) is 2.46. The SMILES string of the molecule is CCCCCCCCCC(=O)CC(=O)c1ccccc1O. The lowest BCUT2D eigenvalue weighted by Gasteiger charge is -2.04. The Labute approximate surface area is 127 Å². The molecule has 0 atom stereocenters. The number of benzene rings is 1. The first kappa shape index (κ1) is 17.4. The first-order chi connectivity index (χ1) is 10.1. The van der Waals surface area contributed by atoms with Crippen LogP contribution in [-0.4, -0.2) is 16.7 Å². The Morgan fingerprint density at radius 1 is 0.952 bits per heavy atom. The largest absolute Gasteiger partial charge is 0.507 e. The van der Waals surface area contributed by atoms with Crippen molar-refractivity contribution in [1.29, 1.82) is 0 Å². The van der Waals surface area contributed by atoms with E-state index in [2.05, 4.69) is 6.92 Å². The van der Waals surface area contributed by atoms with E-state index in [0.29, 0.717) is 6.42 Å². The Kier molecular flexibility index (Phi) is 8.41. The number of hydrogen-bond acceptors (Lipinski definition) is 3. The summed E-state index contributed by atoms with van der Waals surface area (Å²) in [4.78, 5) is 23.7. The number of phenolic OH excluding ortho intramolecular Hbond substituents is 1. The predicted octanol–water partition coefficient (Wildman–Crippen LogP) is 4.67. The first-order valence-electron chi connectivity index (χ1n) is 7.98. The molecule has 0 bridgehead atoms. The molecule has 1 N–H and O–H groups in total. The maximum absolute atomic E-state index is 11.9. The molecule has 0 aliphatic rings. The molecule has 0 heterocycles. The van der Waals surface area contributed by atoms with E-state index < -0.39 is 0 Å². The molecular weight excluding hydrogens is 264 g/mol. The van der Waals surface area contributed by atoms with Crippen molar-refractivity contribution in [2.24, 2.45) is 0 Å². The Balaban J connectivity index is 2.19. The number of Topliss-reactive ketones (excluding diaryl/α,β-unsaturated/α-hetero) is 2. The van der Waals surface area contributed by atoms with Gasteiger partial charge in [0.25, 0.3) is 0 Å². The van der Waals surface area contributed by atoms with Crippen LogP contribution in [0.3, 0.4) is 0 Å². The highest BCUT2D eigenvalue weighted by molar-refractivity contribution is 6.09. The van der Waals surface area contributed by atoms with Crippen molar-refractivity contribution >= 4 is 11.6 Å². The van der Waals surface area contributed by atoms with E-state index in [1.54, 1.807) is 18.2 Å². The molecule has 21 heavy (non-hydrogen) atoms. The quantitative estimate of drug-likeness (QED) is 0.366. The molecule has 1 aromatic carbocycles. The molecule has 3 heteroatoms. The first-order valence-corrected chi connectivity index (χ1v) is 7.98. The molecule has 0 radical (unpaired) electrons. The third-order valence-electron chi connectivity index (χ3n) is 3.62. The van der Waals surface area contributed by atoms with Crippen LogP contribution in [0.15, 0.2) is 24.3 Å². The summed E-state index contributed by atoms with van der Waals surface area (Å²) in [5.74, 6) is -0.371. The van der Waals surface area contributed by atoms with E-state index in [0.717, 1.165) is 12.8 Å². The fraction of sp³-hybridized carbons (Fsp3) is 0.556. The molecule has 3 nitrogen and oxygen atoms in total. The van der Waals surface area contributed by atoms with Gasteiger partial charge < -0.3 is 5.11 Å². The second kappa shape index (κ2) is 10.1. The molecule has 0 amide bonds. The summed E-state index contributed by atoms with van der Waals surface area (Å²) in [6.07, 6.45) is 8.48. The van der Waals surface area contributed by atoms with E-state index in [4.69, 9.17) is 0 Å². The number of carbonyl (C=O) groups is 2. The summed E-state index contributed by atoms with van der Waals surface area (Å²) in [6, 6.07) is 6.37. The smallest absolute Gasteiger partial charge is 0.173 e. The van der Waals surface area contributed by atoms with Gasteiger partial charge in [0, 0.05) is 6.42 Å². The average molecular weight is 290 g/mol. The van der Waals surface area contributed by atoms with Gasteiger partial charge in [-0.05, 0) is 18.6 Å². The zero-order valence-corrected chi connectivity index (χ0v) is 12.9. The van der Waals surface area contributed by atoms with Gasteiger partial charge in [-0.3, -0.25) is 9.59 Å². The van der Waals surface area contributed by atoms with Crippen LogP contribution < -0.4 is 0 Å². The van der Waals surface area contributed by atoms with E-state index in [1.165, 1.54) is 38.2 Å². The molecule has 0 aliphatic heterocycles. The number of rotatable bonds is 11. The van der Waals surface area contributed by atoms with Crippen LogP contribution in [0.5, 0.6) is 5.75 Å². The van der Waals surface area contributed by atoms with Crippen LogP contribution in [-0.2, 0) is 4.79 Å². The van der Waals surface area contributed by atoms with Crippen LogP contribution in [0.1, 0.15) is 75.1 Å². The monoisotopic (exact) mass is 290 g/mol. The zero-order valence-electron chi connectivity index (χ0n) is 12.9. The molecule has 0 saturated carbocycles. The molecular formula is C18H26O3. The summed E-state index contributed by atoms with van der Waals surface area (Å²) < 4.78 is 0. The fourth-order valence-electron chi connectivity index (χ4n) is 2.35. The van der Waals surface area contributed by atoms with E-state index in [1.807, 2.05) is 0 Å². The van der Waals surface area contributed by atoms with Crippen LogP contribution >= 0.6 is 0 Å². The topological polar surface area (TPSA) is 54.4 Å². The normalized spacial score (nSPS) is 10.5. The van der Waals surface area contributed by atoms with Crippen molar-refractivity contribution < 1.29 is 14.7 Å². The maximum Gasteiger partial charge on any atom is 0.173 e. The van der Waals surface area contributed by atoms with Gasteiger partial charge in [0.2, 0.25) is 0 Å². The lowest BCUT2D eigenvalue weighted by Crippen LogP contribution is -2.08. The highest BCUT2D eigenvalue weighted by atomic mass is 16.3. The van der Waals surface area contributed by atoms with Crippen molar-refractivity contribution in [3.05, 3.63) is 29.8 Å². The van der Waals surface area contributed by atoms with Crippen molar-refractivity contribution in [3.8, 4) is 5.75 Å². The Morgan fingerprint density at radius 2 is 1.57 bits per heavy atom. The Hall–Kier alpha value is -1.64. The van der Waals surface area contributed by atoms with Crippen molar-refractivity contribution in [3.63, 3.8) is 0 Å². The molecule has 116 valence electrons. The summed E-state index contributed by atoms with van der Waals surface area (Å²) in [5, 5.41) is 9.58. The van der Waals surface area contributed by atoms with Gasteiger partial charge >= 0.3 is 0 Å². The molecule has 1 rings (SSSR count). The van der Waals surface area contributed by atoms with Gasteiger partial charge in [-0.15, -0.1) is 0 Å². The van der Waals surface area contributed by atoms with Crippen LogP contribution in [0.2, 0.25) is 0 Å². The number of carbonyl (C=O) groups excluding carboxylic acids is 2. The van der Waals surface area contributed by atoms with Crippen LogP contribution in [0, 0.1) is 0 Å². The number of phenols is 1. The molecule has 1 aromatic rings. The van der Waals surface area contributed by atoms with Gasteiger partial charge in [0.15, 0.2) is 5.78 Å². The van der Waals surface area contributed by atoms with Crippen molar-refractivity contribution in [2.75, 3.05) is 0 Å². The molecule has 0 saturated heterocycles. The van der Waals surface area contributed by atoms with Crippen LogP contribution in [0.25, 0.3) is 0 Å². The molecule has 0 aromatic heterocycles. The summed E-state index contributed by atoms with van der Waals surface area (Å²) >= 11 is 0. The zero-order chi connectivity index (χ0) is 15.5. The third-order valence-corrected chi connectivity index (χ3v) is 3.62. The second-order valence-electron chi connectivity index (χ2n) is 5.53. The fourth-order valence-corrected chi connectivity index (χ4v) is 2.35. The second-order valence-corrected chi connectivity index (χ2v) is 5.53. The lowest BCUT2D eigenvalue weighted by molar-refractivity contribution is -0.118. The number of unbranched alkanes of at least 4 members (excludes halogenated alkanes) is 6. The van der Waals surface area contributed by atoms with Crippen molar-refractivity contribution in [1.82, 2.24) is 0 Å². The van der Waals surface area contributed by atoms with Crippen molar-refractivity contribution in [2.45, 2.75) is 64.7 Å². The van der Waals surface area contributed by atoms with E-state index in [-0.39, 0.29) is 29.3 Å². The standard InChI is InChI=1S/C18H26O3/c1-2-3-4-5-6-7-8-11-15(19)14-18(21)16-12-9-10-13-17(16)20/h9-10,12-13,20H,2-8,11,14H2,1H3. The summed E-state index contributed by atoms with van der Waals surface area (Å²) in [6.45, 7) is 2.19. The Bertz CT molecular complexity index is 452. The van der Waals surface area contributed by atoms with Gasteiger partial charge in [-0.2, -0.15) is 0 Å². The van der Waals surface area contributed by atoms with Crippen LogP contribution in [0.4, 0.5) is 0 Å². The third kappa shape index (κ3) is 7.07. The number of aromatic hydroxyl groups is 1. The number of hydrogen-bond donors (Lipinski definition) is 1. The highest BCUT2D eigenvalue weighted by Gasteiger charge is 2.14. The van der Waals surface area contributed by atoms with Gasteiger partial charge in [0.05, 0.1) is 12.0 Å². The minimum atomic E-state index is -0.291. The van der Waals surface area contributed by atoms with Gasteiger partial charge in [-0.25, -0.2) is 0 Å². The van der Waals surface area contributed by atoms with E-state index in [9.17, 15) is 14.7 Å². The van der Waals surface area contributed by atoms with Gasteiger partial charge in [-0.1, -0.05) is 57.6 Å². The molecule has 0 spiro atoms.